The van der Waals surface area contributed by atoms with Crippen molar-refractivity contribution in [2.45, 2.75) is 19.4 Å². The fourth-order valence-corrected chi connectivity index (χ4v) is 4.12. The highest BCUT2D eigenvalue weighted by molar-refractivity contribution is 7.10. The van der Waals surface area contributed by atoms with Crippen molar-refractivity contribution >= 4 is 34.8 Å². The number of H-pyrrole nitrogens is 1. The van der Waals surface area contributed by atoms with E-state index in [2.05, 4.69) is 20.5 Å². The number of amides is 2. The van der Waals surface area contributed by atoms with Crippen LogP contribution < -0.4 is 10.2 Å². The van der Waals surface area contributed by atoms with E-state index < -0.39 is 5.92 Å². The number of hydrogen-bond acceptors (Lipinski definition) is 5. The number of aromatic nitrogens is 3. The smallest absolute Gasteiger partial charge is 0.232 e. The summed E-state index contributed by atoms with van der Waals surface area (Å²) < 4.78 is 0. The number of rotatable bonds is 4. The van der Waals surface area contributed by atoms with Gasteiger partial charge >= 0.3 is 0 Å². The number of carbonyl (C=O) groups is 2. The van der Waals surface area contributed by atoms with Crippen molar-refractivity contribution in [2.75, 3.05) is 10.2 Å². The fourth-order valence-electron chi connectivity index (χ4n) is 3.24. The third-order valence-corrected chi connectivity index (χ3v) is 5.41. The van der Waals surface area contributed by atoms with Crippen molar-refractivity contribution < 1.29 is 9.59 Å². The maximum Gasteiger partial charge on any atom is 0.232 e. The Morgan fingerprint density at radius 1 is 1.31 bits per heavy atom. The molecule has 0 spiro atoms. The number of carbonyl (C=O) groups excluding carboxylic acids is 2. The molecule has 2 aromatic heterocycles. The van der Waals surface area contributed by atoms with Gasteiger partial charge in [0.1, 0.15) is 6.33 Å². The van der Waals surface area contributed by atoms with Crippen LogP contribution in [0.5, 0.6) is 0 Å². The van der Waals surface area contributed by atoms with Gasteiger partial charge in [-0.1, -0.05) is 23.8 Å². The average molecular weight is 367 g/mol. The Kier molecular flexibility index (Phi) is 4.26. The number of aromatic amines is 1. The molecule has 0 bridgehead atoms. The van der Waals surface area contributed by atoms with Gasteiger partial charge in [0.15, 0.2) is 0 Å². The first-order chi connectivity index (χ1) is 12.6. The summed E-state index contributed by atoms with van der Waals surface area (Å²) in [7, 11) is 0. The van der Waals surface area contributed by atoms with Gasteiger partial charge in [-0.15, -0.1) is 11.3 Å². The SMILES string of the molecule is Cc1ccc(N2C(=O)C[C@@H](C(=O)Nc3ncn[nH]3)[C@H]2c2cccs2)cc1. The van der Waals surface area contributed by atoms with Crippen molar-refractivity contribution in [3.63, 3.8) is 0 Å². The lowest BCUT2D eigenvalue weighted by atomic mass is 9.97. The fraction of sp³-hybridized carbons (Fsp3) is 0.222. The molecule has 4 rings (SSSR count). The number of benzene rings is 1. The van der Waals surface area contributed by atoms with Gasteiger partial charge in [0.2, 0.25) is 17.8 Å². The van der Waals surface area contributed by atoms with Gasteiger partial charge in [0.25, 0.3) is 0 Å². The van der Waals surface area contributed by atoms with Crippen LogP contribution in [0.15, 0.2) is 48.1 Å². The molecule has 0 radical (unpaired) electrons. The van der Waals surface area contributed by atoms with E-state index in [-0.39, 0.29) is 30.2 Å². The Morgan fingerprint density at radius 2 is 2.12 bits per heavy atom. The number of aryl methyl sites for hydroxylation is 1. The summed E-state index contributed by atoms with van der Waals surface area (Å²) in [5.74, 6) is -0.540. The van der Waals surface area contributed by atoms with Gasteiger partial charge in [-0.2, -0.15) is 10.1 Å². The maximum absolute atomic E-state index is 12.8. The Morgan fingerprint density at radius 3 is 2.77 bits per heavy atom. The van der Waals surface area contributed by atoms with Crippen molar-refractivity contribution in [3.8, 4) is 0 Å². The van der Waals surface area contributed by atoms with Crippen LogP contribution >= 0.6 is 11.3 Å². The highest BCUT2D eigenvalue weighted by Gasteiger charge is 2.45. The van der Waals surface area contributed by atoms with Crippen LogP contribution in [0.2, 0.25) is 0 Å². The summed E-state index contributed by atoms with van der Waals surface area (Å²) >= 11 is 1.54. The zero-order valence-corrected chi connectivity index (χ0v) is 14.9. The highest BCUT2D eigenvalue weighted by atomic mass is 32.1. The van der Waals surface area contributed by atoms with Crippen LogP contribution in [0.1, 0.15) is 22.9 Å². The molecular formula is C18H17N5O2S. The van der Waals surface area contributed by atoms with Crippen LogP contribution in [0.25, 0.3) is 0 Å². The molecule has 7 nitrogen and oxygen atoms in total. The zero-order valence-electron chi connectivity index (χ0n) is 14.0. The van der Waals surface area contributed by atoms with Crippen molar-refractivity contribution in [1.29, 1.82) is 0 Å². The van der Waals surface area contributed by atoms with Gasteiger partial charge < -0.3 is 4.90 Å². The van der Waals surface area contributed by atoms with E-state index in [0.29, 0.717) is 0 Å². The first-order valence-corrected chi connectivity index (χ1v) is 9.10. The van der Waals surface area contributed by atoms with E-state index >= 15 is 0 Å². The second kappa shape index (κ2) is 6.72. The first kappa shape index (κ1) is 16.5. The number of nitrogens with one attached hydrogen (secondary N) is 2. The molecule has 26 heavy (non-hydrogen) atoms. The number of nitrogens with zero attached hydrogens (tertiary/aromatic N) is 3. The van der Waals surface area contributed by atoms with Crippen LogP contribution in [0.3, 0.4) is 0 Å². The minimum absolute atomic E-state index is 0.0648. The highest BCUT2D eigenvalue weighted by Crippen LogP contribution is 2.43. The minimum atomic E-state index is -0.507. The van der Waals surface area contributed by atoms with Crippen molar-refractivity contribution in [3.05, 3.63) is 58.5 Å². The normalized spacial score (nSPS) is 19.7. The molecule has 1 fully saturated rings. The largest absolute Gasteiger partial charge is 0.303 e. The maximum atomic E-state index is 12.8. The molecule has 1 aliphatic rings. The second-order valence-electron chi connectivity index (χ2n) is 6.19. The lowest BCUT2D eigenvalue weighted by Crippen LogP contribution is -2.32. The summed E-state index contributed by atoms with van der Waals surface area (Å²) in [6.45, 7) is 2.00. The molecule has 0 unspecified atom stereocenters. The van der Waals surface area contributed by atoms with E-state index in [1.165, 1.54) is 6.33 Å². The molecule has 3 aromatic rings. The van der Waals surface area contributed by atoms with Crippen LogP contribution in [-0.2, 0) is 9.59 Å². The molecule has 1 saturated heterocycles. The molecule has 132 valence electrons. The molecular weight excluding hydrogens is 350 g/mol. The summed E-state index contributed by atoms with van der Waals surface area (Å²) in [4.78, 5) is 32.3. The van der Waals surface area contributed by atoms with Gasteiger partial charge in [-0.25, -0.2) is 5.10 Å². The molecule has 8 heteroatoms. The predicted molar refractivity (Wildman–Crippen MR) is 98.8 cm³/mol. The monoisotopic (exact) mass is 367 g/mol. The van der Waals surface area contributed by atoms with Gasteiger partial charge in [0, 0.05) is 17.0 Å². The van der Waals surface area contributed by atoms with Gasteiger partial charge in [0.05, 0.1) is 12.0 Å². The topological polar surface area (TPSA) is 91.0 Å². The number of thiophene rings is 1. The van der Waals surface area contributed by atoms with Crippen LogP contribution in [0.4, 0.5) is 11.6 Å². The number of hydrogen-bond donors (Lipinski definition) is 2. The van der Waals surface area contributed by atoms with E-state index in [0.717, 1.165) is 16.1 Å². The summed E-state index contributed by atoms with van der Waals surface area (Å²) in [6, 6.07) is 11.3. The van der Waals surface area contributed by atoms with Crippen LogP contribution in [-0.4, -0.2) is 27.0 Å². The van der Waals surface area contributed by atoms with Gasteiger partial charge in [-0.3, -0.25) is 14.9 Å². The Labute approximate surface area is 154 Å². The molecule has 2 amide bonds. The zero-order chi connectivity index (χ0) is 18.1. The molecule has 0 saturated carbocycles. The third kappa shape index (κ3) is 2.99. The Hall–Kier alpha value is -3.00. The molecule has 1 aliphatic heterocycles. The lowest BCUT2D eigenvalue weighted by Gasteiger charge is -2.27. The van der Waals surface area contributed by atoms with E-state index in [4.69, 9.17) is 0 Å². The van der Waals surface area contributed by atoms with Gasteiger partial charge in [-0.05, 0) is 30.5 Å². The van der Waals surface area contributed by atoms with Crippen molar-refractivity contribution in [2.24, 2.45) is 5.92 Å². The summed E-state index contributed by atoms with van der Waals surface area (Å²) in [5.41, 5.74) is 1.92. The quantitative estimate of drug-likeness (QED) is 0.742. The number of anilines is 2. The van der Waals surface area contributed by atoms with Crippen molar-refractivity contribution in [1.82, 2.24) is 15.2 Å². The summed E-state index contributed by atoms with van der Waals surface area (Å²) in [5, 5.41) is 11.0. The van der Waals surface area contributed by atoms with E-state index in [9.17, 15) is 9.59 Å². The molecule has 2 N–H and O–H groups in total. The Bertz CT molecular complexity index is 906. The Balaban J connectivity index is 1.69. The average Bonchev–Trinajstić information content (AvgIpc) is 3.36. The van der Waals surface area contributed by atoms with E-state index in [1.807, 2.05) is 48.7 Å². The van der Waals surface area contributed by atoms with E-state index in [1.54, 1.807) is 16.2 Å². The summed E-state index contributed by atoms with van der Waals surface area (Å²) in [6.07, 6.45) is 1.47. The third-order valence-electron chi connectivity index (χ3n) is 4.46. The molecule has 0 aliphatic carbocycles. The first-order valence-electron chi connectivity index (χ1n) is 8.22. The molecule has 3 heterocycles. The standard InChI is InChI=1S/C18H17N5O2S/c1-11-4-6-12(7-5-11)23-15(24)9-13(16(23)14-3-2-8-26-14)17(25)21-18-19-10-20-22-18/h2-8,10,13,16H,9H2,1H3,(H2,19,20,21,22,25)/t13-,16+/m1/s1. The second-order valence-corrected chi connectivity index (χ2v) is 7.17. The lowest BCUT2D eigenvalue weighted by molar-refractivity contribution is -0.122. The molecule has 2 atom stereocenters. The molecule has 1 aromatic carbocycles. The minimum Gasteiger partial charge on any atom is -0.303 e. The van der Waals surface area contributed by atoms with Crippen LogP contribution in [0, 0.1) is 12.8 Å². The predicted octanol–water partition coefficient (Wildman–Crippen LogP) is 2.91.